The van der Waals surface area contributed by atoms with Crippen LogP contribution in [0.2, 0.25) is 0 Å². The third-order valence-corrected chi connectivity index (χ3v) is 4.37. The Kier molecular flexibility index (Phi) is 5.73. The van der Waals surface area contributed by atoms with Crippen molar-refractivity contribution in [3.63, 3.8) is 0 Å². The fourth-order valence-corrected chi connectivity index (χ4v) is 3.24. The van der Waals surface area contributed by atoms with E-state index in [1.807, 2.05) is 6.92 Å². The average molecular weight is 343 g/mol. The molecule has 1 aromatic rings. The molecule has 110 valence electrons. The molecule has 1 aliphatic rings. The van der Waals surface area contributed by atoms with Gasteiger partial charge in [0, 0.05) is 11.1 Å². The number of halogens is 2. The molecule has 0 radical (unpaired) electrons. The molecular formula is C16H20BrFO2. The number of ether oxygens (including phenoxy) is 1. The summed E-state index contributed by atoms with van der Waals surface area (Å²) in [6, 6.07) is 4.47. The van der Waals surface area contributed by atoms with E-state index in [1.165, 1.54) is 12.5 Å². The SMILES string of the molecule is CCOC(C(=O)c1cc(Br)ccc1F)C1CCCCC1. The van der Waals surface area contributed by atoms with Crippen molar-refractivity contribution in [2.24, 2.45) is 5.92 Å². The topological polar surface area (TPSA) is 26.3 Å². The molecule has 0 saturated heterocycles. The van der Waals surface area contributed by atoms with Gasteiger partial charge in [0.1, 0.15) is 11.9 Å². The van der Waals surface area contributed by atoms with Gasteiger partial charge in [0.15, 0.2) is 5.78 Å². The number of Topliss-reactive ketones (excluding diaryl/α,β-unsaturated/α-hetero) is 1. The molecule has 20 heavy (non-hydrogen) atoms. The number of benzene rings is 1. The van der Waals surface area contributed by atoms with E-state index >= 15 is 0 Å². The molecule has 0 bridgehead atoms. The number of hydrogen-bond donors (Lipinski definition) is 0. The molecule has 1 aliphatic carbocycles. The van der Waals surface area contributed by atoms with Crippen molar-refractivity contribution in [1.82, 2.24) is 0 Å². The van der Waals surface area contributed by atoms with Crippen molar-refractivity contribution < 1.29 is 13.9 Å². The lowest BCUT2D eigenvalue weighted by atomic mass is 9.82. The predicted molar refractivity (Wildman–Crippen MR) is 80.4 cm³/mol. The van der Waals surface area contributed by atoms with Crippen LogP contribution in [0.1, 0.15) is 49.4 Å². The zero-order valence-corrected chi connectivity index (χ0v) is 13.3. The molecule has 0 heterocycles. The molecular weight excluding hydrogens is 323 g/mol. The minimum Gasteiger partial charge on any atom is -0.370 e. The molecule has 2 nitrogen and oxygen atoms in total. The minimum atomic E-state index is -0.510. The van der Waals surface area contributed by atoms with Crippen molar-refractivity contribution in [3.05, 3.63) is 34.1 Å². The van der Waals surface area contributed by atoms with Gasteiger partial charge in [-0.15, -0.1) is 0 Å². The van der Waals surface area contributed by atoms with E-state index in [1.54, 1.807) is 12.1 Å². The smallest absolute Gasteiger partial charge is 0.194 e. The molecule has 1 aromatic carbocycles. The molecule has 2 rings (SSSR count). The van der Waals surface area contributed by atoms with Gasteiger partial charge in [-0.3, -0.25) is 4.79 Å². The van der Waals surface area contributed by atoms with Gasteiger partial charge in [0.25, 0.3) is 0 Å². The normalized spacial score (nSPS) is 17.9. The van der Waals surface area contributed by atoms with E-state index in [4.69, 9.17) is 4.74 Å². The third kappa shape index (κ3) is 3.67. The van der Waals surface area contributed by atoms with Gasteiger partial charge in [-0.05, 0) is 43.9 Å². The van der Waals surface area contributed by atoms with Crippen LogP contribution >= 0.6 is 15.9 Å². The molecule has 0 N–H and O–H groups in total. The highest BCUT2D eigenvalue weighted by Crippen LogP contribution is 2.30. The fraction of sp³-hybridized carbons (Fsp3) is 0.562. The lowest BCUT2D eigenvalue weighted by Gasteiger charge is -2.29. The van der Waals surface area contributed by atoms with Crippen LogP contribution in [-0.4, -0.2) is 18.5 Å². The first-order valence-corrected chi connectivity index (χ1v) is 8.03. The maximum absolute atomic E-state index is 13.9. The van der Waals surface area contributed by atoms with E-state index in [0.717, 1.165) is 25.7 Å². The first-order chi connectivity index (χ1) is 9.63. The fourth-order valence-electron chi connectivity index (χ4n) is 2.88. The third-order valence-electron chi connectivity index (χ3n) is 3.88. The van der Waals surface area contributed by atoms with Crippen LogP contribution in [0.4, 0.5) is 4.39 Å². The van der Waals surface area contributed by atoms with Gasteiger partial charge in [0.2, 0.25) is 0 Å². The Morgan fingerprint density at radius 3 is 2.75 bits per heavy atom. The van der Waals surface area contributed by atoms with E-state index in [2.05, 4.69) is 15.9 Å². The Bertz CT molecular complexity index is 470. The first-order valence-electron chi connectivity index (χ1n) is 7.24. The summed E-state index contributed by atoms with van der Waals surface area (Å²) in [5.41, 5.74) is 0.128. The molecule has 4 heteroatoms. The molecule has 0 aromatic heterocycles. The summed E-state index contributed by atoms with van der Waals surface area (Å²) in [5, 5.41) is 0. The van der Waals surface area contributed by atoms with Crippen LogP contribution in [0.3, 0.4) is 0 Å². The van der Waals surface area contributed by atoms with Crippen LogP contribution in [0, 0.1) is 11.7 Å². The van der Waals surface area contributed by atoms with Crippen molar-refractivity contribution in [2.75, 3.05) is 6.61 Å². The quantitative estimate of drug-likeness (QED) is 0.721. The molecule has 1 saturated carbocycles. The van der Waals surface area contributed by atoms with Gasteiger partial charge in [0.05, 0.1) is 5.56 Å². The van der Waals surface area contributed by atoms with Gasteiger partial charge in [-0.25, -0.2) is 4.39 Å². The van der Waals surface area contributed by atoms with E-state index in [-0.39, 0.29) is 17.3 Å². The molecule has 1 atom stereocenters. The predicted octanol–water partition coefficient (Wildman–Crippen LogP) is 4.76. The van der Waals surface area contributed by atoms with Crippen LogP contribution in [0.15, 0.2) is 22.7 Å². The highest BCUT2D eigenvalue weighted by Gasteiger charge is 2.32. The van der Waals surface area contributed by atoms with Crippen molar-refractivity contribution >= 4 is 21.7 Å². The maximum Gasteiger partial charge on any atom is 0.194 e. The Morgan fingerprint density at radius 1 is 1.40 bits per heavy atom. The Hall–Kier alpha value is -0.740. The molecule has 1 unspecified atom stereocenters. The standard InChI is InChI=1S/C16H20BrFO2/c1-2-20-16(11-6-4-3-5-7-11)15(19)13-10-12(17)8-9-14(13)18/h8-11,16H,2-7H2,1H3. The number of carbonyl (C=O) groups excluding carboxylic acids is 1. The average Bonchev–Trinajstić information content (AvgIpc) is 2.47. The lowest BCUT2D eigenvalue weighted by molar-refractivity contribution is 0.0124. The van der Waals surface area contributed by atoms with E-state index < -0.39 is 11.9 Å². The summed E-state index contributed by atoms with van der Waals surface area (Å²) in [7, 11) is 0. The highest BCUT2D eigenvalue weighted by molar-refractivity contribution is 9.10. The Morgan fingerprint density at radius 2 is 2.10 bits per heavy atom. The van der Waals surface area contributed by atoms with Gasteiger partial charge in [-0.1, -0.05) is 35.2 Å². The maximum atomic E-state index is 13.9. The molecule has 0 spiro atoms. The number of hydrogen-bond acceptors (Lipinski definition) is 2. The van der Waals surface area contributed by atoms with Crippen LogP contribution in [-0.2, 0) is 4.74 Å². The first kappa shape index (κ1) is 15.6. The summed E-state index contributed by atoms with van der Waals surface area (Å²) in [5.74, 6) is -0.481. The molecule has 1 fully saturated rings. The second-order valence-corrected chi connectivity index (χ2v) is 6.18. The summed E-state index contributed by atoms with van der Waals surface area (Å²) in [6.45, 7) is 2.35. The number of carbonyl (C=O) groups is 1. The number of ketones is 1. The Labute approximate surface area is 127 Å². The van der Waals surface area contributed by atoms with Crippen LogP contribution in [0.5, 0.6) is 0 Å². The second kappa shape index (κ2) is 7.32. The largest absolute Gasteiger partial charge is 0.370 e. The van der Waals surface area contributed by atoms with Crippen LogP contribution in [0.25, 0.3) is 0 Å². The Balaban J connectivity index is 2.23. The van der Waals surface area contributed by atoms with Gasteiger partial charge < -0.3 is 4.74 Å². The zero-order chi connectivity index (χ0) is 14.5. The highest BCUT2D eigenvalue weighted by atomic mass is 79.9. The minimum absolute atomic E-state index is 0.128. The molecule has 0 amide bonds. The number of rotatable bonds is 5. The van der Waals surface area contributed by atoms with Crippen molar-refractivity contribution in [1.29, 1.82) is 0 Å². The van der Waals surface area contributed by atoms with Gasteiger partial charge in [-0.2, -0.15) is 0 Å². The van der Waals surface area contributed by atoms with Crippen LogP contribution < -0.4 is 0 Å². The zero-order valence-electron chi connectivity index (χ0n) is 11.7. The summed E-state index contributed by atoms with van der Waals surface area (Å²) in [4.78, 5) is 12.6. The van der Waals surface area contributed by atoms with Crippen molar-refractivity contribution in [2.45, 2.75) is 45.1 Å². The summed E-state index contributed by atoms with van der Waals surface area (Å²) < 4.78 is 20.3. The van der Waals surface area contributed by atoms with E-state index in [0.29, 0.717) is 11.1 Å². The molecule has 0 aliphatic heterocycles. The van der Waals surface area contributed by atoms with Gasteiger partial charge >= 0.3 is 0 Å². The van der Waals surface area contributed by atoms with Crippen molar-refractivity contribution in [3.8, 4) is 0 Å². The van der Waals surface area contributed by atoms with E-state index in [9.17, 15) is 9.18 Å². The summed E-state index contributed by atoms with van der Waals surface area (Å²) >= 11 is 3.29. The monoisotopic (exact) mass is 342 g/mol. The summed E-state index contributed by atoms with van der Waals surface area (Å²) in [6.07, 6.45) is 4.95. The lowest BCUT2D eigenvalue weighted by Crippen LogP contribution is -2.34. The second-order valence-electron chi connectivity index (χ2n) is 5.26.